The number of anilines is 2. The van der Waals surface area contributed by atoms with Crippen molar-refractivity contribution < 1.29 is 30.6 Å². The number of nitrogens with one attached hydrogen (secondary N) is 2. The number of aliphatic hydroxyl groups is 6. The Balaban J connectivity index is 2.73. The summed E-state index contributed by atoms with van der Waals surface area (Å²) in [5.74, 6) is 0.0875. The number of rotatable bonds is 10. The predicted octanol–water partition coefficient (Wildman–Crippen LogP) is -2.58. The Morgan fingerprint density at radius 2 is 1.14 bits per heavy atom. The van der Waals surface area contributed by atoms with Crippen molar-refractivity contribution in [1.29, 1.82) is 0 Å². The summed E-state index contributed by atoms with van der Waals surface area (Å²) in [5, 5.41) is 61.0. The Morgan fingerprint density at radius 1 is 0.773 bits per heavy atom. The lowest BCUT2D eigenvalue weighted by atomic mass is 10.2. The van der Waals surface area contributed by atoms with Crippen LogP contribution in [0.15, 0.2) is 12.4 Å². The SMILES string of the molecule is OCCC(O)C(O)Nc1nccnc1NC(O)C(O)CCO. The first-order valence-electron chi connectivity index (χ1n) is 6.77. The van der Waals surface area contributed by atoms with E-state index in [1.54, 1.807) is 0 Å². The molecule has 0 amide bonds. The van der Waals surface area contributed by atoms with E-state index in [0.717, 1.165) is 0 Å². The van der Waals surface area contributed by atoms with E-state index in [4.69, 9.17) is 10.2 Å². The quantitative estimate of drug-likeness (QED) is 0.214. The van der Waals surface area contributed by atoms with Crippen LogP contribution in [0.1, 0.15) is 12.8 Å². The molecule has 4 unspecified atom stereocenters. The van der Waals surface area contributed by atoms with E-state index in [9.17, 15) is 20.4 Å². The monoisotopic (exact) mass is 318 g/mol. The van der Waals surface area contributed by atoms with Crippen molar-refractivity contribution in [3.63, 3.8) is 0 Å². The summed E-state index contributed by atoms with van der Waals surface area (Å²) >= 11 is 0. The summed E-state index contributed by atoms with van der Waals surface area (Å²) in [4.78, 5) is 7.82. The third kappa shape index (κ3) is 5.67. The molecule has 10 nitrogen and oxygen atoms in total. The molecule has 0 aromatic carbocycles. The minimum absolute atomic E-state index is 0.0327. The van der Waals surface area contributed by atoms with Crippen LogP contribution < -0.4 is 10.6 Å². The summed E-state index contributed by atoms with van der Waals surface area (Å²) in [6.07, 6.45) is -2.64. The van der Waals surface area contributed by atoms with Crippen LogP contribution in [0.4, 0.5) is 11.6 Å². The van der Waals surface area contributed by atoms with Gasteiger partial charge in [-0.2, -0.15) is 0 Å². The van der Waals surface area contributed by atoms with Crippen molar-refractivity contribution in [3.8, 4) is 0 Å². The zero-order valence-electron chi connectivity index (χ0n) is 11.9. The highest BCUT2D eigenvalue weighted by Gasteiger charge is 2.21. The Kier molecular flexibility index (Phi) is 7.95. The van der Waals surface area contributed by atoms with Gasteiger partial charge in [-0.05, 0) is 0 Å². The number of aliphatic hydroxyl groups excluding tert-OH is 6. The van der Waals surface area contributed by atoms with Crippen molar-refractivity contribution >= 4 is 11.6 Å². The normalized spacial score (nSPS) is 16.6. The van der Waals surface area contributed by atoms with Gasteiger partial charge in [0, 0.05) is 38.4 Å². The highest BCUT2D eigenvalue weighted by molar-refractivity contribution is 5.59. The van der Waals surface area contributed by atoms with Crippen molar-refractivity contribution in [1.82, 2.24) is 9.97 Å². The Labute approximate surface area is 127 Å². The maximum absolute atomic E-state index is 9.74. The zero-order valence-corrected chi connectivity index (χ0v) is 11.9. The van der Waals surface area contributed by atoms with E-state index in [2.05, 4.69) is 20.6 Å². The van der Waals surface area contributed by atoms with Crippen LogP contribution in [0.3, 0.4) is 0 Å². The first kappa shape index (κ1) is 18.5. The fourth-order valence-electron chi connectivity index (χ4n) is 1.60. The predicted molar refractivity (Wildman–Crippen MR) is 76.7 cm³/mol. The summed E-state index contributed by atoms with van der Waals surface area (Å²) in [6.45, 7) is -0.588. The highest BCUT2D eigenvalue weighted by atomic mass is 16.3. The van der Waals surface area contributed by atoms with Crippen LogP contribution in [0.25, 0.3) is 0 Å². The van der Waals surface area contributed by atoms with Crippen LogP contribution in [-0.2, 0) is 0 Å². The van der Waals surface area contributed by atoms with Gasteiger partial charge in [0.25, 0.3) is 0 Å². The first-order chi connectivity index (χ1) is 10.5. The molecular weight excluding hydrogens is 296 g/mol. The lowest BCUT2D eigenvalue weighted by molar-refractivity contribution is 0.0197. The van der Waals surface area contributed by atoms with Gasteiger partial charge in [-0.15, -0.1) is 0 Å². The zero-order chi connectivity index (χ0) is 16.5. The van der Waals surface area contributed by atoms with Gasteiger partial charge in [-0.1, -0.05) is 0 Å². The van der Waals surface area contributed by atoms with Crippen LogP contribution in [0.5, 0.6) is 0 Å². The first-order valence-corrected chi connectivity index (χ1v) is 6.77. The third-order valence-electron chi connectivity index (χ3n) is 2.85. The summed E-state index contributed by atoms with van der Waals surface area (Å²) < 4.78 is 0. The van der Waals surface area contributed by atoms with Gasteiger partial charge in [-0.25, -0.2) is 9.97 Å². The second-order valence-electron chi connectivity index (χ2n) is 4.59. The summed E-state index contributed by atoms with van der Waals surface area (Å²) in [5.41, 5.74) is 0. The topological polar surface area (TPSA) is 171 Å². The molecule has 1 rings (SSSR count). The van der Waals surface area contributed by atoms with Gasteiger partial charge in [-0.3, -0.25) is 0 Å². The average Bonchev–Trinajstić information content (AvgIpc) is 2.49. The molecule has 1 heterocycles. The maximum atomic E-state index is 9.74. The summed E-state index contributed by atoms with van der Waals surface area (Å²) in [6, 6.07) is 0. The minimum Gasteiger partial charge on any atom is -0.396 e. The smallest absolute Gasteiger partial charge is 0.171 e. The molecule has 0 saturated heterocycles. The van der Waals surface area contributed by atoms with Gasteiger partial charge < -0.3 is 41.3 Å². The molecular formula is C12H22N4O6. The molecule has 0 aliphatic carbocycles. The molecule has 0 aliphatic heterocycles. The molecule has 10 heteroatoms. The molecule has 0 radical (unpaired) electrons. The molecule has 0 bridgehead atoms. The van der Waals surface area contributed by atoms with Crippen molar-refractivity contribution in [3.05, 3.63) is 12.4 Å². The van der Waals surface area contributed by atoms with E-state index in [1.807, 2.05) is 0 Å². The molecule has 0 saturated carbocycles. The van der Waals surface area contributed by atoms with Gasteiger partial charge in [0.15, 0.2) is 24.1 Å². The average molecular weight is 318 g/mol. The Bertz CT molecular complexity index is 399. The van der Waals surface area contributed by atoms with Crippen molar-refractivity contribution in [2.24, 2.45) is 0 Å². The van der Waals surface area contributed by atoms with Crippen molar-refractivity contribution in [2.75, 3.05) is 23.8 Å². The van der Waals surface area contributed by atoms with E-state index < -0.39 is 24.7 Å². The molecule has 126 valence electrons. The standard InChI is InChI=1S/C12H22N4O6/c17-5-1-7(19)11(21)15-9-10(14-4-3-13-9)16-12(22)8(20)2-6-18/h3-4,7-8,11-12,17-22H,1-2,5-6H2,(H,13,15)(H,14,16). The minimum atomic E-state index is -1.40. The molecule has 0 aliphatic rings. The van der Waals surface area contributed by atoms with Crippen LogP contribution in [-0.4, -0.2) is 78.5 Å². The number of hydrogen-bond donors (Lipinski definition) is 8. The van der Waals surface area contributed by atoms with Gasteiger partial charge in [0.1, 0.15) is 12.2 Å². The number of aromatic nitrogens is 2. The third-order valence-corrected chi connectivity index (χ3v) is 2.85. The Morgan fingerprint density at radius 3 is 1.45 bits per heavy atom. The van der Waals surface area contributed by atoms with Gasteiger partial charge in [0.05, 0.1) is 0 Å². The van der Waals surface area contributed by atoms with E-state index in [1.165, 1.54) is 12.4 Å². The molecule has 0 spiro atoms. The van der Waals surface area contributed by atoms with E-state index >= 15 is 0 Å². The number of hydrogen-bond acceptors (Lipinski definition) is 10. The lowest BCUT2D eigenvalue weighted by Gasteiger charge is -2.22. The molecule has 22 heavy (non-hydrogen) atoms. The van der Waals surface area contributed by atoms with Crippen molar-refractivity contribution in [2.45, 2.75) is 37.5 Å². The lowest BCUT2D eigenvalue weighted by Crippen LogP contribution is -2.37. The second-order valence-corrected chi connectivity index (χ2v) is 4.59. The van der Waals surface area contributed by atoms with E-state index in [-0.39, 0.29) is 37.7 Å². The maximum Gasteiger partial charge on any atom is 0.171 e. The van der Waals surface area contributed by atoms with Crippen LogP contribution >= 0.6 is 0 Å². The Hall–Kier alpha value is -1.56. The van der Waals surface area contributed by atoms with E-state index in [0.29, 0.717) is 0 Å². The molecule has 4 atom stereocenters. The van der Waals surface area contributed by atoms with Gasteiger partial charge in [0.2, 0.25) is 0 Å². The highest BCUT2D eigenvalue weighted by Crippen LogP contribution is 2.18. The molecule has 1 aromatic rings. The van der Waals surface area contributed by atoms with Crippen LogP contribution in [0.2, 0.25) is 0 Å². The molecule has 8 N–H and O–H groups in total. The molecule has 1 aromatic heterocycles. The number of nitrogens with zero attached hydrogens (tertiary/aromatic N) is 2. The molecule has 0 fully saturated rings. The largest absolute Gasteiger partial charge is 0.396 e. The fourth-order valence-corrected chi connectivity index (χ4v) is 1.60. The van der Waals surface area contributed by atoms with Gasteiger partial charge >= 0.3 is 0 Å². The fraction of sp³-hybridized carbons (Fsp3) is 0.667. The van der Waals surface area contributed by atoms with Crippen LogP contribution in [0, 0.1) is 0 Å². The second kappa shape index (κ2) is 9.46. The summed E-state index contributed by atoms with van der Waals surface area (Å²) in [7, 11) is 0.